The van der Waals surface area contributed by atoms with E-state index in [2.05, 4.69) is 15.4 Å². The van der Waals surface area contributed by atoms with Crippen molar-refractivity contribution in [1.29, 1.82) is 0 Å². The number of nitrogens with two attached hydrogens (primary N) is 1. The van der Waals surface area contributed by atoms with Gasteiger partial charge < -0.3 is 11.1 Å². The summed E-state index contributed by atoms with van der Waals surface area (Å²) in [5.74, 6) is 0.731. The highest BCUT2D eigenvalue weighted by atomic mass is 35.5. The highest BCUT2D eigenvalue weighted by Gasteiger charge is 2.28. The van der Waals surface area contributed by atoms with Crippen LogP contribution in [-0.4, -0.2) is 20.7 Å². The maximum atomic E-state index is 12.0. The van der Waals surface area contributed by atoms with Gasteiger partial charge in [0.25, 0.3) is 0 Å². The molecular weight excluding hydrogens is 326 g/mol. The zero-order chi connectivity index (χ0) is 16.7. The van der Waals surface area contributed by atoms with Crippen molar-refractivity contribution >= 4 is 29.1 Å². The fraction of sp³-hybridized carbons (Fsp3) is 0.118. The lowest BCUT2D eigenvalue weighted by Crippen LogP contribution is -2.24. The van der Waals surface area contributed by atoms with Gasteiger partial charge in [-0.1, -0.05) is 17.7 Å². The van der Waals surface area contributed by atoms with E-state index in [0.29, 0.717) is 23.1 Å². The molecule has 120 valence electrons. The first kappa shape index (κ1) is 14.7. The number of benzene rings is 1. The summed E-state index contributed by atoms with van der Waals surface area (Å²) < 4.78 is 1.77. The van der Waals surface area contributed by atoms with Crippen LogP contribution in [0.3, 0.4) is 0 Å². The molecule has 1 aliphatic rings. The van der Waals surface area contributed by atoms with E-state index in [1.165, 1.54) is 0 Å². The Labute approximate surface area is 143 Å². The third-order valence-electron chi connectivity index (χ3n) is 4.07. The number of nitrogen functional groups attached to an aromatic ring is 1. The van der Waals surface area contributed by atoms with Crippen molar-refractivity contribution in [3.63, 3.8) is 0 Å². The van der Waals surface area contributed by atoms with E-state index in [-0.39, 0.29) is 11.8 Å². The Morgan fingerprint density at radius 1 is 1.21 bits per heavy atom. The number of fused-ring (bicyclic) bond motifs is 1. The summed E-state index contributed by atoms with van der Waals surface area (Å²) in [5, 5.41) is 7.85. The SMILES string of the molecule is Nc1ccc2c(n1)NC(=O)C[C@H]2c1cnn(-c2ccc(Cl)cc2)c1. The smallest absolute Gasteiger partial charge is 0.226 e. The lowest BCUT2D eigenvalue weighted by Gasteiger charge is -2.24. The fourth-order valence-corrected chi connectivity index (χ4v) is 3.02. The molecule has 0 aliphatic carbocycles. The van der Waals surface area contributed by atoms with Crippen molar-refractivity contribution in [2.75, 3.05) is 11.1 Å². The Bertz CT molecular complexity index is 919. The van der Waals surface area contributed by atoms with Crippen LogP contribution in [-0.2, 0) is 4.79 Å². The van der Waals surface area contributed by atoms with Crippen LogP contribution in [0.25, 0.3) is 5.69 Å². The molecule has 1 amide bonds. The largest absolute Gasteiger partial charge is 0.384 e. The Hall–Kier alpha value is -2.86. The summed E-state index contributed by atoms with van der Waals surface area (Å²) in [7, 11) is 0. The second kappa shape index (κ2) is 5.65. The monoisotopic (exact) mass is 339 g/mol. The van der Waals surface area contributed by atoms with Gasteiger partial charge in [-0.25, -0.2) is 9.67 Å². The zero-order valence-corrected chi connectivity index (χ0v) is 13.4. The molecule has 24 heavy (non-hydrogen) atoms. The quantitative estimate of drug-likeness (QED) is 0.751. The summed E-state index contributed by atoms with van der Waals surface area (Å²) in [6, 6.07) is 11.1. The predicted octanol–water partition coefficient (Wildman–Crippen LogP) is 2.98. The van der Waals surface area contributed by atoms with Crippen molar-refractivity contribution in [3.05, 3.63) is 64.9 Å². The molecule has 0 unspecified atom stereocenters. The molecule has 1 aromatic carbocycles. The van der Waals surface area contributed by atoms with Gasteiger partial charge in [0.1, 0.15) is 11.6 Å². The Kier molecular flexibility index (Phi) is 3.46. The summed E-state index contributed by atoms with van der Waals surface area (Å²) in [5.41, 5.74) is 8.51. The van der Waals surface area contributed by atoms with Gasteiger partial charge in [-0.05, 0) is 35.9 Å². The number of amides is 1. The molecule has 3 N–H and O–H groups in total. The molecule has 0 saturated carbocycles. The van der Waals surface area contributed by atoms with Crippen molar-refractivity contribution < 1.29 is 4.79 Å². The third-order valence-corrected chi connectivity index (χ3v) is 4.32. The summed E-state index contributed by atoms with van der Waals surface area (Å²) in [4.78, 5) is 16.2. The number of anilines is 2. The van der Waals surface area contributed by atoms with E-state index in [1.807, 2.05) is 36.5 Å². The van der Waals surface area contributed by atoms with Crippen molar-refractivity contribution in [2.45, 2.75) is 12.3 Å². The van der Waals surface area contributed by atoms with Crippen LogP contribution in [0.4, 0.5) is 11.6 Å². The molecule has 7 heteroatoms. The minimum Gasteiger partial charge on any atom is -0.384 e. The van der Waals surface area contributed by atoms with E-state index in [1.54, 1.807) is 16.9 Å². The number of pyridine rings is 1. The molecule has 0 bridgehead atoms. The number of nitrogens with zero attached hydrogens (tertiary/aromatic N) is 3. The first-order chi connectivity index (χ1) is 11.6. The lowest BCUT2D eigenvalue weighted by atomic mass is 9.88. The average Bonchev–Trinajstić information content (AvgIpc) is 3.04. The highest BCUT2D eigenvalue weighted by Crippen LogP contribution is 2.36. The van der Waals surface area contributed by atoms with Crippen LogP contribution >= 0.6 is 11.6 Å². The minimum absolute atomic E-state index is 0.0788. The molecule has 3 heterocycles. The average molecular weight is 340 g/mol. The van der Waals surface area contributed by atoms with Gasteiger partial charge in [0.15, 0.2) is 0 Å². The summed E-state index contributed by atoms with van der Waals surface area (Å²) in [6.07, 6.45) is 4.05. The van der Waals surface area contributed by atoms with E-state index in [0.717, 1.165) is 16.8 Å². The molecule has 0 radical (unpaired) electrons. The number of rotatable bonds is 2. The Morgan fingerprint density at radius 3 is 2.79 bits per heavy atom. The lowest BCUT2D eigenvalue weighted by molar-refractivity contribution is -0.116. The Morgan fingerprint density at radius 2 is 2.00 bits per heavy atom. The maximum Gasteiger partial charge on any atom is 0.226 e. The highest BCUT2D eigenvalue weighted by molar-refractivity contribution is 6.30. The molecule has 3 aromatic rings. The van der Waals surface area contributed by atoms with Crippen LogP contribution in [0.15, 0.2) is 48.8 Å². The molecule has 2 aromatic heterocycles. The van der Waals surface area contributed by atoms with Gasteiger partial charge in [-0.15, -0.1) is 0 Å². The maximum absolute atomic E-state index is 12.0. The van der Waals surface area contributed by atoms with Crippen LogP contribution < -0.4 is 11.1 Å². The van der Waals surface area contributed by atoms with Gasteiger partial charge in [0.2, 0.25) is 5.91 Å². The number of aromatic nitrogens is 3. The molecule has 1 aliphatic heterocycles. The molecule has 0 spiro atoms. The molecule has 6 nitrogen and oxygen atoms in total. The molecular formula is C17H14ClN5O. The first-order valence-electron chi connectivity index (χ1n) is 7.47. The van der Waals surface area contributed by atoms with Gasteiger partial charge in [0, 0.05) is 29.1 Å². The van der Waals surface area contributed by atoms with E-state index in [4.69, 9.17) is 17.3 Å². The molecule has 1 atom stereocenters. The zero-order valence-electron chi connectivity index (χ0n) is 12.6. The summed E-state index contributed by atoms with van der Waals surface area (Å²) in [6.45, 7) is 0. The second-order valence-electron chi connectivity index (χ2n) is 5.67. The van der Waals surface area contributed by atoms with Gasteiger partial charge in [0.05, 0.1) is 11.9 Å². The van der Waals surface area contributed by atoms with Crippen molar-refractivity contribution in [1.82, 2.24) is 14.8 Å². The van der Waals surface area contributed by atoms with E-state index < -0.39 is 0 Å². The van der Waals surface area contributed by atoms with E-state index in [9.17, 15) is 4.79 Å². The predicted molar refractivity (Wildman–Crippen MR) is 92.3 cm³/mol. The summed E-state index contributed by atoms with van der Waals surface area (Å²) >= 11 is 5.92. The normalized spacial score (nSPS) is 16.5. The fourth-order valence-electron chi connectivity index (χ4n) is 2.89. The number of carbonyl (C=O) groups excluding carboxylic acids is 1. The van der Waals surface area contributed by atoms with Crippen molar-refractivity contribution in [3.8, 4) is 5.69 Å². The van der Waals surface area contributed by atoms with Crippen LogP contribution in [0, 0.1) is 0 Å². The number of hydrogen-bond donors (Lipinski definition) is 2. The minimum atomic E-state index is -0.0945. The van der Waals surface area contributed by atoms with Crippen LogP contribution in [0.2, 0.25) is 5.02 Å². The molecule has 4 rings (SSSR count). The molecule has 0 fully saturated rings. The van der Waals surface area contributed by atoms with Gasteiger partial charge in [-0.2, -0.15) is 5.10 Å². The first-order valence-corrected chi connectivity index (χ1v) is 7.85. The standard InChI is InChI=1S/C17H14ClN5O/c18-11-1-3-12(4-2-11)23-9-10(8-20-23)14-7-16(24)22-17-13(14)5-6-15(19)21-17/h1-6,8-9,14H,7H2,(H3,19,21,22,24)/t14-/m0/s1. The number of nitrogens with one attached hydrogen (secondary N) is 1. The number of hydrogen-bond acceptors (Lipinski definition) is 4. The van der Waals surface area contributed by atoms with Crippen LogP contribution in [0.1, 0.15) is 23.5 Å². The van der Waals surface area contributed by atoms with E-state index >= 15 is 0 Å². The third kappa shape index (κ3) is 2.61. The van der Waals surface area contributed by atoms with Gasteiger partial charge >= 0.3 is 0 Å². The Balaban J connectivity index is 1.72. The van der Waals surface area contributed by atoms with Crippen molar-refractivity contribution in [2.24, 2.45) is 0 Å². The number of halogens is 1. The van der Waals surface area contributed by atoms with Crippen LogP contribution in [0.5, 0.6) is 0 Å². The second-order valence-corrected chi connectivity index (χ2v) is 6.11. The van der Waals surface area contributed by atoms with Gasteiger partial charge in [-0.3, -0.25) is 4.79 Å². The molecule has 0 saturated heterocycles. The topological polar surface area (TPSA) is 85.8 Å². The number of carbonyl (C=O) groups is 1.